The molecule has 8 heteroatoms. The molecule has 84 valence electrons. The van der Waals surface area contributed by atoms with E-state index in [-0.39, 0.29) is 0 Å². The van der Waals surface area contributed by atoms with E-state index in [1.54, 1.807) is 0 Å². The minimum atomic E-state index is -4.92. The van der Waals surface area contributed by atoms with Gasteiger partial charge in [0.2, 0.25) is 0 Å². The standard InChI is InChI=1S/C8H5F3N4O/c9-8(10,11)6-4(1-12)15-2-3(13)5(6)7(14)16/h2H,13H2,(H2,14,16). The number of amides is 1. The topological polar surface area (TPSA) is 106 Å². The molecule has 4 N–H and O–H groups in total. The lowest BCUT2D eigenvalue weighted by atomic mass is 10.0. The number of carbonyl (C=O) groups is 1. The smallest absolute Gasteiger partial charge is 0.397 e. The van der Waals surface area contributed by atoms with Crippen LogP contribution in [0.25, 0.3) is 0 Å². The summed E-state index contributed by atoms with van der Waals surface area (Å²) >= 11 is 0. The quantitative estimate of drug-likeness (QED) is 0.738. The average molecular weight is 230 g/mol. The molecule has 0 bridgehead atoms. The number of nitrogens with two attached hydrogens (primary N) is 2. The maximum Gasteiger partial charge on any atom is 0.420 e. The second-order valence-corrected chi connectivity index (χ2v) is 2.79. The third-order valence-electron chi connectivity index (χ3n) is 1.74. The normalized spacial score (nSPS) is 10.9. The van der Waals surface area contributed by atoms with Crippen LogP contribution < -0.4 is 11.5 Å². The minimum Gasteiger partial charge on any atom is -0.397 e. The molecular weight excluding hydrogens is 225 g/mol. The van der Waals surface area contributed by atoms with Crippen molar-refractivity contribution in [2.24, 2.45) is 5.73 Å². The number of rotatable bonds is 1. The van der Waals surface area contributed by atoms with Gasteiger partial charge in [-0.3, -0.25) is 4.79 Å². The number of halogens is 3. The van der Waals surface area contributed by atoms with E-state index in [9.17, 15) is 18.0 Å². The highest BCUT2D eigenvalue weighted by Gasteiger charge is 2.39. The summed E-state index contributed by atoms with van der Waals surface area (Å²) in [4.78, 5) is 14.1. The van der Waals surface area contributed by atoms with E-state index in [0.717, 1.165) is 6.20 Å². The molecule has 0 aliphatic rings. The van der Waals surface area contributed by atoms with Gasteiger partial charge in [-0.05, 0) is 0 Å². The molecule has 0 radical (unpaired) electrons. The van der Waals surface area contributed by atoms with Gasteiger partial charge in [0.25, 0.3) is 5.91 Å². The number of pyridine rings is 1. The van der Waals surface area contributed by atoms with Crippen molar-refractivity contribution in [3.05, 3.63) is 23.0 Å². The van der Waals surface area contributed by atoms with Crippen LogP contribution >= 0.6 is 0 Å². The van der Waals surface area contributed by atoms with Gasteiger partial charge in [-0.15, -0.1) is 0 Å². The molecule has 0 fully saturated rings. The number of primary amides is 1. The highest BCUT2D eigenvalue weighted by Crippen LogP contribution is 2.35. The molecule has 1 heterocycles. The Bertz CT molecular complexity index is 489. The van der Waals surface area contributed by atoms with Crippen LogP contribution in [-0.4, -0.2) is 10.9 Å². The van der Waals surface area contributed by atoms with Gasteiger partial charge in [0.15, 0.2) is 5.69 Å². The van der Waals surface area contributed by atoms with Crippen molar-refractivity contribution in [1.29, 1.82) is 5.26 Å². The first-order valence-electron chi connectivity index (χ1n) is 3.84. The monoisotopic (exact) mass is 230 g/mol. The van der Waals surface area contributed by atoms with Crippen LogP contribution in [0.3, 0.4) is 0 Å². The molecule has 16 heavy (non-hydrogen) atoms. The van der Waals surface area contributed by atoms with E-state index in [2.05, 4.69) is 4.98 Å². The highest BCUT2D eigenvalue weighted by atomic mass is 19.4. The number of hydrogen-bond donors (Lipinski definition) is 2. The van der Waals surface area contributed by atoms with Gasteiger partial charge in [-0.2, -0.15) is 18.4 Å². The first kappa shape index (κ1) is 11.8. The maximum atomic E-state index is 12.6. The number of nitrogen functional groups attached to an aromatic ring is 1. The summed E-state index contributed by atoms with van der Waals surface area (Å²) in [6, 6.07) is 1.23. The van der Waals surface area contributed by atoms with Crippen LogP contribution in [0.15, 0.2) is 6.20 Å². The molecule has 0 spiro atoms. The van der Waals surface area contributed by atoms with Gasteiger partial charge < -0.3 is 11.5 Å². The number of carbonyl (C=O) groups excluding carboxylic acids is 1. The largest absolute Gasteiger partial charge is 0.420 e. The lowest BCUT2D eigenvalue weighted by Crippen LogP contribution is -2.23. The second-order valence-electron chi connectivity index (χ2n) is 2.79. The van der Waals surface area contributed by atoms with E-state index >= 15 is 0 Å². The first-order valence-corrected chi connectivity index (χ1v) is 3.84. The van der Waals surface area contributed by atoms with E-state index in [4.69, 9.17) is 16.7 Å². The number of aromatic nitrogens is 1. The first-order chi connectivity index (χ1) is 7.29. The molecule has 1 aromatic rings. The van der Waals surface area contributed by atoms with Crippen LogP contribution in [-0.2, 0) is 6.18 Å². The molecule has 0 aliphatic heterocycles. The lowest BCUT2D eigenvalue weighted by Gasteiger charge is -2.13. The maximum absolute atomic E-state index is 12.6. The van der Waals surface area contributed by atoms with E-state index < -0.39 is 34.6 Å². The van der Waals surface area contributed by atoms with E-state index in [0.29, 0.717) is 0 Å². The molecule has 0 atom stereocenters. The lowest BCUT2D eigenvalue weighted by molar-refractivity contribution is -0.138. The Morgan fingerprint density at radius 2 is 2.06 bits per heavy atom. The van der Waals surface area contributed by atoms with Crippen molar-refractivity contribution >= 4 is 11.6 Å². The van der Waals surface area contributed by atoms with Gasteiger partial charge in [0, 0.05) is 0 Å². The summed E-state index contributed by atoms with van der Waals surface area (Å²) in [5, 5.41) is 8.47. The predicted octanol–water partition coefficient (Wildman–Crippen LogP) is 0.653. The molecule has 0 aliphatic carbocycles. The summed E-state index contributed by atoms with van der Waals surface area (Å²) in [6.07, 6.45) is -4.13. The third kappa shape index (κ3) is 1.88. The van der Waals surface area contributed by atoms with Gasteiger partial charge in [0.05, 0.1) is 17.4 Å². The van der Waals surface area contributed by atoms with Crippen LogP contribution in [0.2, 0.25) is 0 Å². The van der Waals surface area contributed by atoms with Crippen molar-refractivity contribution in [3.63, 3.8) is 0 Å². The van der Waals surface area contributed by atoms with Crippen LogP contribution in [0.5, 0.6) is 0 Å². The van der Waals surface area contributed by atoms with Crippen LogP contribution in [0.4, 0.5) is 18.9 Å². The molecule has 0 aromatic carbocycles. The average Bonchev–Trinajstić information content (AvgIpc) is 2.15. The van der Waals surface area contributed by atoms with Crippen LogP contribution in [0, 0.1) is 11.3 Å². The van der Waals surface area contributed by atoms with Crippen LogP contribution in [0.1, 0.15) is 21.6 Å². The Balaban J connectivity index is 3.71. The predicted molar refractivity (Wildman–Crippen MR) is 46.9 cm³/mol. The number of nitriles is 1. The van der Waals surface area contributed by atoms with E-state index in [1.807, 2.05) is 0 Å². The summed E-state index contributed by atoms with van der Waals surface area (Å²) < 4.78 is 37.7. The van der Waals surface area contributed by atoms with Crippen molar-refractivity contribution < 1.29 is 18.0 Å². The van der Waals surface area contributed by atoms with Crippen molar-refractivity contribution in [3.8, 4) is 6.07 Å². The summed E-state index contributed by atoms with van der Waals surface area (Å²) in [5.74, 6) is -1.36. The highest BCUT2D eigenvalue weighted by molar-refractivity contribution is 6.00. The zero-order valence-electron chi connectivity index (χ0n) is 7.67. The zero-order chi connectivity index (χ0) is 12.5. The fourth-order valence-corrected chi connectivity index (χ4v) is 1.15. The molecule has 0 unspecified atom stereocenters. The summed E-state index contributed by atoms with van der Waals surface area (Å²) in [5.41, 5.74) is 6.07. The van der Waals surface area contributed by atoms with Crippen molar-refractivity contribution in [2.75, 3.05) is 5.73 Å². The SMILES string of the molecule is N#Cc1ncc(N)c(C(N)=O)c1C(F)(F)F. The fourth-order valence-electron chi connectivity index (χ4n) is 1.15. The Morgan fingerprint density at radius 3 is 2.44 bits per heavy atom. The molecular formula is C8H5F3N4O. The number of anilines is 1. The van der Waals surface area contributed by atoms with Crippen molar-refractivity contribution in [2.45, 2.75) is 6.18 Å². The van der Waals surface area contributed by atoms with E-state index in [1.165, 1.54) is 6.07 Å². The Hall–Kier alpha value is -2.30. The fraction of sp³-hybridized carbons (Fsp3) is 0.125. The number of alkyl halides is 3. The van der Waals surface area contributed by atoms with Crippen molar-refractivity contribution in [1.82, 2.24) is 4.98 Å². The molecule has 0 saturated carbocycles. The van der Waals surface area contributed by atoms with Gasteiger partial charge >= 0.3 is 6.18 Å². The number of nitrogens with zero attached hydrogens (tertiary/aromatic N) is 2. The Labute approximate surface area is 87.5 Å². The molecule has 1 amide bonds. The van der Waals surface area contributed by atoms with Gasteiger partial charge in [0.1, 0.15) is 11.6 Å². The second kappa shape index (κ2) is 3.69. The Kier molecular flexibility index (Phi) is 2.72. The van der Waals surface area contributed by atoms with Gasteiger partial charge in [-0.1, -0.05) is 0 Å². The molecule has 1 rings (SSSR count). The molecule has 0 saturated heterocycles. The molecule has 5 nitrogen and oxygen atoms in total. The Morgan fingerprint density at radius 1 is 1.50 bits per heavy atom. The van der Waals surface area contributed by atoms with Gasteiger partial charge in [-0.25, -0.2) is 4.98 Å². The zero-order valence-corrected chi connectivity index (χ0v) is 7.67. The summed E-state index contributed by atoms with van der Waals surface area (Å²) in [7, 11) is 0. The minimum absolute atomic E-state index is 0.515. The third-order valence-corrected chi connectivity index (χ3v) is 1.74. The number of hydrogen-bond acceptors (Lipinski definition) is 4. The summed E-state index contributed by atoms with van der Waals surface area (Å²) in [6.45, 7) is 0. The molecule has 1 aromatic heterocycles.